The van der Waals surface area contributed by atoms with Gasteiger partial charge in [-0.05, 0) is 55.3 Å². The maximum absolute atomic E-state index is 7.65. The number of rotatable bonds is 2. The van der Waals surface area contributed by atoms with Crippen LogP contribution in [0.2, 0.25) is 0 Å². The molecule has 1 heterocycles. The van der Waals surface area contributed by atoms with Gasteiger partial charge in [0.05, 0.1) is 11.2 Å². The van der Waals surface area contributed by atoms with Crippen molar-refractivity contribution in [2.24, 2.45) is 5.92 Å². The SMILES string of the molecule is CC1CC1.COCO.Cc1cc(C)c(-n2ccc3ccccc32)c(C)c1. The van der Waals surface area contributed by atoms with Crippen molar-refractivity contribution in [2.45, 2.75) is 40.5 Å². The van der Waals surface area contributed by atoms with Crippen molar-refractivity contribution in [3.63, 3.8) is 0 Å². The van der Waals surface area contributed by atoms with Crippen LogP contribution in [0, 0.1) is 26.7 Å². The number of ether oxygens (including phenoxy) is 1. The normalized spacial score (nSPS) is 12.8. The summed E-state index contributed by atoms with van der Waals surface area (Å²) in [5.41, 5.74) is 6.56. The highest BCUT2D eigenvalue weighted by Crippen LogP contribution is 2.27. The average molecular weight is 354 g/mol. The molecule has 2 aromatic carbocycles. The van der Waals surface area contributed by atoms with Crippen molar-refractivity contribution in [1.29, 1.82) is 0 Å². The van der Waals surface area contributed by atoms with Crippen molar-refractivity contribution in [3.05, 3.63) is 65.4 Å². The molecule has 1 aromatic heterocycles. The minimum absolute atomic E-state index is 0.181. The fourth-order valence-electron chi connectivity index (χ4n) is 3.00. The van der Waals surface area contributed by atoms with E-state index in [1.54, 1.807) is 0 Å². The third-order valence-corrected chi connectivity index (χ3v) is 4.47. The van der Waals surface area contributed by atoms with Gasteiger partial charge in [-0.15, -0.1) is 0 Å². The van der Waals surface area contributed by atoms with E-state index in [-0.39, 0.29) is 6.79 Å². The molecule has 26 heavy (non-hydrogen) atoms. The lowest BCUT2D eigenvalue weighted by molar-refractivity contribution is 0.0325. The zero-order valence-corrected chi connectivity index (χ0v) is 16.6. The third kappa shape index (κ3) is 5.45. The van der Waals surface area contributed by atoms with Crippen LogP contribution >= 0.6 is 0 Å². The molecule has 4 rings (SSSR count). The topological polar surface area (TPSA) is 34.4 Å². The number of aliphatic hydroxyl groups excluding tert-OH is 1. The third-order valence-electron chi connectivity index (χ3n) is 4.47. The molecule has 0 unspecified atom stereocenters. The molecule has 0 spiro atoms. The molecule has 3 aromatic rings. The summed E-state index contributed by atoms with van der Waals surface area (Å²) in [7, 11) is 1.43. The number of aliphatic hydroxyl groups is 1. The van der Waals surface area contributed by atoms with Crippen LogP contribution in [-0.4, -0.2) is 23.6 Å². The standard InChI is InChI=1S/C17H17N.C4H8.C2H6O2/c1-12-10-13(2)17(14(3)11-12)18-9-8-15-6-4-5-7-16(15)18;1-4-2-3-4;1-4-2-3/h4-11H,1-3H3;4H,2-3H2,1H3;3H,2H2,1H3. The number of fused-ring (bicyclic) bond motifs is 1. The quantitative estimate of drug-likeness (QED) is 0.613. The second-order valence-corrected chi connectivity index (χ2v) is 7.09. The lowest BCUT2D eigenvalue weighted by Crippen LogP contribution is -1.99. The molecule has 1 N–H and O–H groups in total. The number of benzene rings is 2. The zero-order chi connectivity index (χ0) is 19.1. The van der Waals surface area contributed by atoms with Gasteiger partial charge in [-0.2, -0.15) is 0 Å². The first-order valence-electron chi connectivity index (χ1n) is 9.22. The molecule has 0 bridgehead atoms. The first-order chi connectivity index (χ1) is 12.5. The van der Waals surface area contributed by atoms with E-state index in [1.807, 2.05) is 0 Å². The van der Waals surface area contributed by atoms with Gasteiger partial charge >= 0.3 is 0 Å². The van der Waals surface area contributed by atoms with Gasteiger partial charge in [0, 0.05) is 13.3 Å². The van der Waals surface area contributed by atoms with E-state index in [4.69, 9.17) is 5.11 Å². The van der Waals surface area contributed by atoms with Crippen LogP contribution in [0.5, 0.6) is 0 Å². The van der Waals surface area contributed by atoms with E-state index in [0.29, 0.717) is 0 Å². The summed E-state index contributed by atoms with van der Waals surface area (Å²) in [6.07, 6.45) is 5.13. The van der Waals surface area contributed by atoms with Gasteiger partial charge in [0.15, 0.2) is 0 Å². The van der Waals surface area contributed by atoms with Crippen LogP contribution in [0.4, 0.5) is 0 Å². The number of hydrogen-bond donors (Lipinski definition) is 1. The van der Waals surface area contributed by atoms with Gasteiger partial charge in [-0.25, -0.2) is 0 Å². The molecule has 1 saturated carbocycles. The van der Waals surface area contributed by atoms with Crippen LogP contribution in [0.3, 0.4) is 0 Å². The molecule has 3 nitrogen and oxygen atoms in total. The smallest absolute Gasteiger partial charge is 0.143 e. The lowest BCUT2D eigenvalue weighted by atomic mass is 10.0. The number of aryl methyl sites for hydroxylation is 3. The number of nitrogens with zero attached hydrogens (tertiary/aromatic N) is 1. The Hall–Kier alpha value is -2.10. The highest BCUT2D eigenvalue weighted by Gasteiger charge is 2.12. The zero-order valence-electron chi connectivity index (χ0n) is 16.6. The fourth-order valence-corrected chi connectivity index (χ4v) is 3.00. The maximum Gasteiger partial charge on any atom is 0.143 e. The summed E-state index contributed by atoms with van der Waals surface area (Å²) < 4.78 is 6.39. The van der Waals surface area contributed by atoms with Crippen LogP contribution in [-0.2, 0) is 4.74 Å². The molecule has 3 heteroatoms. The van der Waals surface area contributed by atoms with Crippen LogP contribution in [0.1, 0.15) is 36.5 Å². The Morgan fingerprint density at radius 2 is 1.58 bits per heavy atom. The molecule has 140 valence electrons. The lowest BCUT2D eigenvalue weighted by Gasteiger charge is -2.13. The van der Waals surface area contributed by atoms with Gasteiger partial charge in [0.2, 0.25) is 0 Å². The summed E-state index contributed by atoms with van der Waals surface area (Å²) in [5.74, 6) is 1.08. The Labute approximate surface area is 157 Å². The van der Waals surface area contributed by atoms with Crippen molar-refractivity contribution < 1.29 is 9.84 Å². The predicted octanol–water partition coefficient (Wildman–Crippen LogP) is 5.55. The predicted molar refractivity (Wildman–Crippen MR) is 110 cm³/mol. The van der Waals surface area contributed by atoms with Crippen molar-refractivity contribution in [1.82, 2.24) is 4.57 Å². The minimum Gasteiger partial charge on any atom is -0.371 e. The van der Waals surface area contributed by atoms with Gasteiger partial charge < -0.3 is 14.4 Å². The summed E-state index contributed by atoms with van der Waals surface area (Å²) >= 11 is 0. The first kappa shape index (κ1) is 20.2. The van der Waals surface area contributed by atoms with E-state index in [2.05, 4.69) is 85.7 Å². The van der Waals surface area contributed by atoms with E-state index in [0.717, 1.165) is 5.92 Å². The van der Waals surface area contributed by atoms with Gasteiger partial charge in [0.25, 0.3) is 0 Å². The molecule has 0 atom stereocenters. The Balaban J connectivity index is 0.000000254. The Kier molecular flexibility index (Phi) is 7.43. The highest BCUT2D eigenvalue weighted by atomic mass is 16.6. The molecule has 0 amide bonds. The van der Waals surface area contributed by atoms with Gasteiger partial charge in [0.1, 0.15) is 6.79 Å². The Morgan fingerprint density at radius 3 is 2.08 bits per heavy atom. The summed E-state index contributed by atoms with van der Waals surface area (Å²) in [5, 5.41) is 8.94. The monoisotopic (exact) mass is 353 g/mol. The minimum atomic E-state index is -0.181. The summed E-state index contributed by atoms with van der Waals surface area (Å²) in [4.78, 5) is 0. The van der Waals surface area contributed by atoms with Crippen LogP contribution in [0.25, 0.3) is 16.6 Å². The van der Waals surface area contributed by atoms with E-state index in [9.17, 15) is 0 Å². The number of methoxy groups -OCH3 is 1. The fraction of sp³-hybridized carbons (Fsp3) is 0.391. The Bertz CT molecular complexity index is 806. The van der Waals surface area contributed by atoms with Gasteiger partial charge in [-0.1, -0.05) is 55.7 Å². The van der Waals surface area contributed by atoms with Gasteiger partial charge in [-0.3, -0.25) is 0 Å². The molecule has 1 aliphatic rings. The molecule has 0 radical (unpaired) electrons. The Morgan fingerprint density at radius 1 is 1.04 bits per heavy atom. The number of para-hydroxylation sites is 1. The molecule has 1 aliphatic carbocycles. The molecular weight excluding hydrogens is 322 g/mol. The number of aromatic nitrogens is 1. The first-order valence-corrected chi connectivity index (χ1v) is 9.22. The van der Waals surface area contributed by atoms with E-state index < -0.39 is 0 Å². The summed E-state index contributed by atoms with van der Waals surface area (Å²) in [6, 6.07) is 15.2. The molecular formula is C23H31NO2. The highest BCUT2D eigenvalue weighted by molar-refractivity contribution is 5.82. The van der Waals surface area contributed by atoms with Crippen LogP contribution in [0.15, 0.2) is 48.7 Å². The van der Waals surface area contributed by atoms with E-state index >= 15 is 0 Å². The molecule has 0 aliphatic heterocycles. The maximum atomic E-state index is 7.65. The van der Waals surface area contributed by atoms with Crippen molar-refractivity contribution in [2.75, 3.05) is 13.9 Å². The van der Waals surface area contributed by atoms with Crippen LogP contribution < -0.4 is 0 Å². The number of hydrogen-bond acceptors (Lipinski definition) is 2. The molecule has 1 fully saturated rings. The second kappa shape index (κ2) is 9.56. The second-order valence-electron chi connectivity index (χ2n) is 7.09. The van der Waals surface area contributed by atoms with E-state index in [1.165, 1.54) is 53.2 Å². The largest absolute Gasteiger partial charge is 0.371 e. The molecule has 0 saturated heterocycles. The van der Waals surface area contributed by atoms with Crippen molar-refractivity contribution >= 4 is 10.9 Å². The summed E-state index contributed by atoms with van der Waals surface area (Å²) in [6.45, 7) is 8.62. The average Bonchev–Trinajstić information content (AvgIpc) is 3.29. The van der Waals surface area contributed by atoms with Crippen molar-refractivity contribution in [3.8, 4) is 5.69 Å².